The third-order valence-electron chi connectivity index (χ3n) is 2.33. The van der Waals surface area contributed by atoms with Crippen molar-refractivity contribution in [2.75, 3.05) is 18.6 Å². The zero-order valence-corrected chi connectivity index (χ0v) is 12.1. The highest BCUT2D eigenvalue weighted by Crippen LogP contribution is 2.24. The highest BCUT2D eigenvalue weighted by Gasteiger charge is 2.15. The van der Waals surface area contributed by atoms with Crippen LogP contribution in [0.15, 0.2) is 11.4 Å². The summed E-state index contributed by atoms with van der Waals surface area (Å²) in [5.41, 5.74) is 0. The highest BCUT2D eigenvalue weighted by atomic mass is 32.2. The lowest BCUT2D eigenvalue weighted by molar-refractivity contribution is 0.0941. The van der Waals surface area contributed by atoms with E-state index in [2.05, 4.69) is 12.2 Å². The minimum Gasteiger partial charge on any atom is -0.495 e. The smallest absolute Gasteiger partial charge is 0.265 e. The molecule has 1 amide bonds. The topological polar surface area (TPSA) is 38.3 Å². The quantitative estimate of drug-likeness (QED) is 0.776. The number of methoxy groups -OCH3 is 1. The normalized spacial score (nSPS) is 12.2. The molecule has 3 nitrogen and oxygen atoms in total. The van der Waals surface area contributed by atoms with Gasteiger partial charge in [-0.3, -0.25) is 4.79 Å². The van der Waals surface area contributed by atoms with Crippen LogP contribution in [0.4, 0.5) is 0 Å². The number of hydrogen-bond donors (Lipinski definition) is 1. The van der Waals surface area contributed by atoms with E-state index in [1.807, 2.05) is 30.1 Å². The number of carbonyl (C=O) groups excluding carboxylic acids is 1. The van der Waals surface area contributed by atoms with Crippen LogP contribution < -0.4 is 10.1 Å². The molecule has 0 aliphatic heterocycles. The van der Waals surface area contributed by atoms with Crippen LogP contribution in [0.5, 0.6) is 5.75 Å². The lowest BCUT2D eigenvalue weighted by Crippen LogP contribution is -2.32. The van der Waals surface area contributed by atoms with Gasteiger partial charge in [0, 0.05) is 6.04 Å². The molecule has 17 heavy (non-hydrogen) atoms. The van der Waals surface area contributed by atoms with E-state index in [4.69, 9.17) is 4.74 Å². The Morgan fingerprint density at radius 3 is 3.06 bits per heavy atom. The van der Waals surface area contributed by atoms with Gasteiger partial charge >= 0.3 is 0 Å². The average molecular weight is 273 g/mol. The molecule has 0 saturated carbocycles. The van der Waals surface area contributed by atoms with Crippen molar-refractivity contribution >= 4 is 29.0 Å². The van der Waals surface area contributed by atoms with Crippen LogP contribution in [-0.4, -0.2) is 30.6 Å². The van der Waals surface area contributed by atoms with Crippen molar-refractivity contribution in [1.29, 1.82) is 0 Å². The molecule has 0 radical (unpaired) electrons. The van der Waals surface area contributed by atoms with E-state index in [0.29, 0.717) is 10.6 Å². The molecule has 1 rings (SSSR count). The molecule has 1 aromatic rings. The predicted octanol–water partition coefficient (Wildman–Crippen LogP) is 3.02. The van der Waals surface area contributed by atoms with Crippen LogP contribution in [0, 0.1) is 0 Å². The van der Waals surface area contributed by atoms with Gasteiger partial charge in [0.1, 0.15) is 10.6 Å². The zero-order chi connectivity index (χ0) is 12.7. The van der Waals surface area contributed by atoms with Crippen molar-refractivity contribution in [2.24, 2.45) is 0 Å². The first-order valence-electron chi connectivity index (χ1n) is 5.69. The Kier molecular flexibility index (Phi) is 6.44. The van der Waals surface area contributed by atoms with Gasteiger partial charge in [-0.05, 0) is 36.3 Å². The molecule has 1 N–H and O–H groups in total. The molecular formula is C12H19NO2S2. The fraction of sp³-hybridized carbons (Fsp3) is 0.583. The summed E-state index contributed by atoms with van der Waals surface area (Å²) in [4.78, 5) is 12.6. The summed E-state index contributed by atoms with van der Waals surface area (Å²) in [6.07, 6.45) is 0.998. The number of hydrogen-bond acceptors (Lipinski definition) is 4. The summed E-state index contributed by atoms with van der Waals surface area (Å²) < 4.78 is 5.13. The summed E-state index contributed by atoms with van der Waals surface area (Å²) >= 11 is 3.31. The molecule has 0 aliphatic carbocycles. The lowest BCUT2D eigenvalue weighted by atomic mass is 10.2. The second kappa shape index (κ2) is 7.61. The first-order chi connectivity index (χ1) is 8.19. The molecule has 5 heteroatoms. The molecular weight excluding hydrogens is 254 g/mol. The van der Waals surface area contributed by atoms with Crippen molar-refractivity contribution in [1.82, 2.24) is 5.32 Å². The van der Waals surface area contributed by atoms with Gasteiger partial charge in [-0.2, -0.15) is 11.8 Å². The molecule has 0 bridgehead atoms. The number of rotatable bonds is 7. The highest BCUT2D eigenvalue weighted by molar-refractivity contribution is 7.99. The van der Waals surface area contributed by atoms with E-state index in [1.165, 1.54) is 11.3 Å². The van der Waals surface area contributed by atoms with Crippen molar-refractivity contribution in [3.05, 3.63) is 16.3 Å². The number of thiophene rings is 1. The van der Waals surface area contributed by atoms with E-state index in [9.17, 15) is 4.79 Å². The Morgan fingerprint density at radius 1 is 1.65 bits per heavy atom. The van der Waals surface area contributed by atoms with Gasteiger partial charge in [0.2, 0.25) is 0 Å². The number of nitrogens with one attached hydrogen (secondary N) is 1. The Bertz CT molecular complexity index is 352. The second-order valence-corrected chi connectivity index (χ2v) is 5.99. The number of amides is 1. The first-order valence-corrected chi connectivity index (χ1v) is 7.72. The number of carbonyl (C=O) groups is 1. The summed E-state index contributed by atoms with van der Waals surface area (Å²) in [7, 11) is 1.58. The summed E-state index contributed by atoms with van der Waals surface area (Å²) in [6, 6.07) is 2.02. The van der Waals surface area contributed by atoms with Crippen LogP contribution in [0.3, 0.4) is 0 Å². The summed E-state index contributed by atoms with van der Waals surface area (Å²) in [6.45, 7) is 4.18. The molecule has 1 unspecified atom stereocenters. The van der Waals surface area contributed by atoms with Gasteiger partial charge in [-0.1, -0.05) is 6.92 Å². The van der Waals surface area contributed by atoms with Crippen molar-refractivity contribution in [3.63, 3.8) is 0 Å². The monoisotopic (exact) mass is 273 g/mol. The van der Waals surface area contributed by atoms with E-state index >= 15 is 0 Å². The SMILES string of the molecule is CCSCCC(C)NC(=O)c1sccc1OC. The van der Waals surface area contributed by atoms with E-state index in [1.54, 1.807) is 7.11 Å². The fourth-order valence-corrected chi connectivity index (χ4v) is 2.96. The minimum atomic E-state index is -0.0363. The van der Waals surface area contributed by atoms with Crippen molar-refractivity contribution in [2.45, 2.75) is 26.3 Å². The van der Waals surface area contributed by atoms with Crippen molar-refractivity contribution in [3.8, 4) is 5.75 Å². The molecule has 0 saturated heterocycles. The van der Waals surface area contributed by atoms with Gasteiger partial charge < -0.3 is 10.1 Å². The number of thioether (sulfide) groups is 1. The van der Waals surface area contributed by atoms with Gasteiger partial charge in [0.05, 0.1) is 7.11 Å². The molecule has 1 heterocycles. The van der Waals surface area contributed by atoms with Crippen LogP contribution in [0.2, 0.25) is 0 Å². The average Bonchev–Trinajstić information content (AvgIpc) is 2.77. The Hall–Kier alpha value is -0.680. The van der Waals surface area contributed by atoms with E-state index < -0.39 is 0 Å². The summed E-state index contributed by atoms with van der Waals surface area (Å²) in [5, 5.41) is 4.86. The standard InChI is InChI=1S/C12H19NO2S2/c1-4-16-7-5-9(2)13-12(14)11-10(15-3)6-8-17-11/h6,8-9H,4-5,7H2,1-3H3,(H,13,14). The molecule has 0 aliphatic rings. The fourth-order valence-electron chi connectivity index (χ4n) is 1.39. The zero-order valence-electron chi connectivity index (χ0n) is 10.5. The van der Waals surface area contributed by atoms with Gasteiger partial charge in [0.25, 0.3) is 5.91 Å². The van der Waals surface area contributed by atoms with Crippen LogP contribution in [0.1, 0.15) is 29.9 Å². The Morgan fingerprint density at radius 2 is 2.41 bits per heavy atom. The lowest BCUT2D eigenvalue weighted by Gasteiger charge is -2.13. The number of ether oxygens (including phenoxy) is 1. The molecule has 1 atom stereocenters. The molecule has 0 fully saturated rings. The maximum Gasteiger partial charge on any atom is 0.265 e. The maximum absolute atomic E-state index is 11.9. The first kappa shape index (κ1) is 14.4. The third kappa shape index (κ3) is 4.60. The third-order valence-corrected chi connectivity index (χ3v) is 4.16. The molecule has 1 aromatic heterocycles. The molecule has 0 aromatic carbocycles. The van der Waals surface area contributed by atoms with Crippen LogP contribution in [-0.2, 0) is 0 Å². The maximum atomic E-state index is 11.9. The van der Waals surface area contributed by atoms with Gasteiger partial charge in [0.15, 0.2) is 0 Å². The van der Waals surface area contributed by atoms with E-state index in [-0.39, 0.29) is 11.9 Å². The minimum absolute atomic E-state index is 0.0363. The van der Waals surface area contributed by atoms with Gasteiger partial charge in [-0.25, -0.2) is 0 Å². The van der Waals surface area contributed by atoms with Crippen LogP contribution >= 0.6 is 23.1 Å². The largest absolute Gasteiger partial charge is 0.495 e. The Balaban J connectivity index is 2.43. The van der Waals surface area contributed by atoms with Crippen LogP contribution in [0.25, 0.3) is 0 Å². The van der Waals surface area contributed by atoms with E-state index in [0.717, 1.165) is 17.9 Å². The molecule has 0 spiro atoms. The van der Waals surface area contributed by atoms with Gasteiger partial charge in [-0.15, -0.1) is 11.3 Å². The second-order valence-electron chi connectivity index (χ2n) is 3.68. The predicted molar refractivity (Wildman–Crippen MR) is 75.4 cm³/mol. The molecule has 96 valence electrons. The summed E-state index contributed by atoms with van der Waals surface area (Å²) in [5.74, 6) is 2.83. The Labute approximate surface area is 111 Å². The van der Waals surface area contributed by atoms with Crippen molar-refractivity contribution < 1.29 is 9.53 Å².